The lowest BCUT2D eigenvalue weighted by Crippen LogP contribution is -2.38. The highest BCUT2D eigenvalue weighted by molar-refractivity contribution is 5.68. The minimum Gasteiger partial charge on any atom is -0.479 e. The number of aliphatic hydroxyl groups is 3. The van der Waals surface area contributed by atoms with Gasteiger partial charge in [0.05, 0.1) is 12.8 Å². The Labute approximate surface area is 122 Å². The Bertz CT molecular complexity index is 666. The minimum absolute atomic E-state index is 0.472. The lowest BCUT2D eigenvalue weighted by molar-refractivity contribution is -0.139. The topological polar surface area (TPSA) is 171 Å². The smallest absolute Gasteiger partial charge is 0.341 e. The summed E-state index contributed by atoms with van der Waals surface area (Å²) in [5, 5.41) is 37.0. The van der Waals surface area contributed by atoms with Crippen molar-refractivity contribution < 1.29 is 34.7 Å². The van der Waals surface area contributed by atoms with Gasteiger partial charge in [0.2, 0.25) is 5.75 Å². The zero-order chi connectivity index (χ0) is 16.4. The number of hydrogen-bond acceptors (Lipinski definition) is 8. The van der Waals surface area contributed by atoms with Gasteiger partial charge in [-0.1, -0.05) is 0 Å². The Morgan fingerprint density at radius 3 is 2.59 bits per heavy atom. The van der Waals surface area contributed by atoms with Crippen LogP contribution in [-0.2, 0) is 9.53 Å². The van der Waals surface area contributed by atoms with Gasteiger partial charge in [0.15, 0.2) is 12.8 Å². The van der Waals surface area contributed by atoms with Gasteiger partial charge in [-0.2, -0.15) is 0 Å². The first-order valence-corrected chi connectivity index (χ1v) is 6.17. The van der Waals surface area contributed by atoms with E-state index in [4.69, 9.17) is 19.7 Å². The molecule has 1 aromatic heterocycles. The molecular formula is C11H14N2O9. The van der Waals surface area contributed by atoms with Crippen molar-refractivity contribution >= 4 is 5.97 Å². The molecule has 1 aromatic rings. The Morgan fingerprint density at radius 1 is 1.36 bits per heavy atom. The minimum atomic E-state index is -1.53. The molecule has 0 aliphatic carbocycles. The average molecular weight is 318 g/mol. The molecule has 0 saturated carbocycles. The summed E-state index contributed by atoms with van der Waals surface area (Å²) in [6.07, 6.45) is -4.58. The molecule has 0 bridgehead atoms. The van der Waals surface area contributed by atoms with Crippen LogP contribution in [0.3, 0.4) is 0 Å². The van der Waals surface area contributed by atoms with Crippen LogP contribution in [0.15, 0.2) is 15.8 Å². The summed E-state index contributed by atoms with van der Waals surface area (Å²) in [5.74, 6) is -1.80. The van der Waals surface area contributed by atoms with Gasteiger partial charge in [0.25, 0.3) is 5.56 Å². The summed E-state index contributed by atoms with van der Waals surface area (Å²) >= 11 is 0. The molecular weight excluding hydrogens is 304 g/mol. The van der Waals surface area contributed by atoms with E-state index >= 15 is 0 Å². The predicted octanol–water partition coefficient (Wildman–Crippen LogP) is -3.39. The molecule has 5 N–H and O–H groups in total. The number of aromatic amines is 1. The molecule has 22 heavy (non-hydrogen) atoms. The maximum Gasteiger partial charge on any atom is 0.341 e. The fraction of sp³-hybridized carbons (Fsp3) is 0.545. The van der Waals surface area contributed by atoms with Crippen molar-refractivity contribution in [3.63, 3.8) is 0 Å². The van der Waals surface area contributed by atoms with E-state index in [1.807, 2.05) is 4.98 Å². The average Bonchev–Trinajstić information content (AvgIpc) is 2.74. The monoisotopic (exact) mass is 318 g/mol. The molecule has 1 aliphatic rings. The van der Waals surface area contributed by atoms with E-state index in [-0.39, 0.29) is 0 Å². The fourth-order valence-corrected chi connectivity index (χ4v) is 2.01. The molecule has 0 radical (unpaired) electrons. The van der Waals surface area contributed by atoms with Crippen LogP contribution in [-0.4, -0.2) is 67.5 Å². The van der Waals surface area contributed by atoms with Crippen molar-refractivity contribution in [1.29, 1.82) is 0 Å². The first kappa shape index (κ1) is 16.2. The standard InChI is InChI=1S/C11H14N2O9/c14-2-5-7(17)8(18)10(22-5)13-1-4(21-3-6(15)16)9(19)12-11(13)20/h1,5,7-8,10,14,17-18H,2-3H2,(H,15,16)(H,12,19,20). The van der Waals surface area contributed by atoms with Gasteiger partial charge >= 0.3 is 11.7 Å². The van der Waals surface area contributed by atoms with Gasteiger partial charge in [-0.05, 0) is 0 Å². The Balaban J connectivity index is 2.35. The maximum atomic E-state index is 11.8. The number of carboxylic acids is 1. The summed E-state index contributed by atoms with van der Waals surface area (Å²) in [7, 11) is 0. The number of aliphatic carboxylic acids is 1. The molecule has 122 valence electrons. The molecule has 0 amide bonds. The molecule has 2 rings (SSSR count). The van der Waals surface area contributed by atoms with Crippen molar-refractivity contribution in [2.24, 2.45) is 0 Å². The van der Waals surface area contributed by atoms with E-state index in [0.29, 0.717) is 0 Å². The summed E-state index contributed by atoms with van der Waals surface area (Å²) < 4.78 is 10.6. The first-order valence-electron chi connectivity index (χ1n) is 6.17. The van der Waals surface area contributed by atoms with E-state index in [1.165, 1.54) is 0 Å². The van der Waals surface area contributed by atoms with Crippen LogP contribution in [0, 0.1) is 0 Å². The third kappa shape index (κ3) is 3.01. The van der Waals surface area contributed by atoms with Crippen molar-refractivity contribution in [2.75, 3.05) is 13.2 Å². The molecule has 2 heterocycles. The summed E-state index contributed by atoms with van der Waals surface area (Å²) in [6.45, 7) is -1.40. The molecule has 4 unspecified atom stereocenters. The van der Waals surface area contributed by atoms with Gasteiger partial charge in [0.1, 0.15) is 18.3 Å². The highest BCUT2D eigenvalue weighted by Crippen LogP contribution is 2.28. The van der Waals surface area contributed by atoms with Gasteiger partial charge in [-0.25, -0.2) is 9.59 Å². The third-order valence-corrected chi connectivity index (χ3v) is 3.08. The Morgan fingerprint density at radius 2 is 2.05 bits per heavy atom. The quantitative estimate of drug-likeness (QED) is 0.371. The molecule has 11 heteroatoms. The molecule has 1 fully saturated rings. The number of carboxylic acid groups (broad SMARTS) is 1. The second-order valence-electron chi connectivity index (χ2n) is 4.57. The number of ether oxygens (including phenoxy) is 2. The number of H-pyrrole nitrogens is 1. The number of hydrogen-bond donors (Lipinski definition) is 5. The zero-order valence-corrected chi connectivity index (χ0v) is 11.1. The van der Waals surface area contributed by atoms with E-state index in [1.54, 1.807) is 0 Å². The van der Waals surface area contributed by atoms with Gasteiger partial charge in [-0.15, -0.1) is 0 Å². The summed E-state index contributed by atoms with van der Waals surface area (Å²) in [4.78, 5) is 35.6. The number of rotatable bonds is 5. The number of aliphatic hydroxyl groups excluding tert-OH is 3. The van der Waals surface area contributed by atoms with Crippen molar-refractivity contribution in [3.05, 3.63) is 27.0 Å². The van der Waals surface area contributed by atoms with E-state index in [2.05, 4.69) is 0 Å². The number of carbonyl (C=O) groups is 1. The van der Waals surface area contributed by atoms with Crippen LogP contribution >= 0.6 is 0 Å². The Kier molecular flexibility index (Phi) is 4.61. The maximum absolute atomic E-state index is 11.8. The van der Waals surface area contributed by atoms with Crippen LogP contribution in [0.4, 0.5) is 0 Å². The van der Waals surface area contributed by atoms with Gasteiger partial charge < -0.3 is 29.9 Å². The highest BCUT2D eigenvalue weighted by atomic mass is 16.6. The largest absolute Gasteiger partial charge is 0.479 e. The van der Waals surface area contributed by atoms with Crippen LogP contribution in [0.1, 0.15) is 6.23 Å². The summed E-state index contributed by atoms with van der Waals surface area (Å²) in [5.41, 5.74) is -1.91. The lowest BCUT2D eigenvalue weighted by Gasteiger charge is -2.17. The van der Waals surface area contributed by atoms with E-state index < -0.39 is 60.7 Å². The fourth-order valence-electron chi connectivity index (χ4n) is 2.01. The molecule has 4 atom stereocenters. The second-order valence-corrected chi connectivity index (χ2v) is 4.57. The third-order valence-electron chi connectivity index (χ3n) is 3.08. The molecule has 11 nitrogen and oxygen atoms in total. The SMILES string of the molecule is O=C(O)COc1cn(C2OC(CO)C(O)C2O)c(=O)[nH]c1=O. The lowest BCUT2D eigenvalue weighted by atomic mass is 10.1. The zero-order valence-electron chi connectivity index (χ0n) is 11.1. The van der Waals surface area contributed by atoms with Crippen molar-refractivity contribution in [1.82, 2.24) is 9.55 Å². The van der Waals surface area contributed by atoms with Gasteiger partial charge in [-0.3, -0.25) is 14.3 Å². The van der Waals surface area contributed by atoms with Crippen molar-refractivity contribution in [3.8, 4) is 5.75 Å². The molecule has 0 aromatic carbocycles. The van der Waals surface area contributed by atoms with Crippen LogP contribution < -0.4 is 16.0 Å². The van der Waals surface area contributed by atoms with Crippen LogP contribution in [0.25, 0.3) is 0 Å². The number of nitrogens with one attached hydrogen (secondary N) is 1. The summed E-state index contributed by atoms with van der Waals surface area (Å²) in [6, 6.07) is 0. The molecule has 1 aliphatic heterocycles. The van der Waals surface area contributed by atoms with Crippen molar-refractivity contribution in [2.45, 2.75) is 24.5 Å². The Hall–Kier alpha value is -2.21. The van der Waals surface area contributed by atoms with E-state index in [0.717, 1.165) is 10.8 Å². The predicted molar refractivity (Wildman–Crippen MR) is 67.5 cm³/mol. The second kappa shape index (κ2) is 6.27. The molecule has 0 spiro atoms. The number of aromatic nitrogens is 2. The number of nitrogens with zero attached hydrogens (tertiary/aromatic N) is 1. The first-order chi connectivity index (χ1) is 10.3. The van der Waals surface area contributed by atoms with Crippen LogP contribution in [0.2, 0.25) is 0 Å². The normalized spacial score (nSPS) is 27.8. The highest BCUT2D eigenvalue weighted by Gasteiger charge is 2.43. The van der Waals surface area contributed by atoms with Gasteiger partial charge in [0, 0.05) is 0 Å². The molecule has 1 saturated heterocycles. The van der Waals surface area contributed by atoms with E-state index in [9.17, 15) is 24.6 Å². The van der Waals surface area contributed by atoms with Crippen LogP contribution in [0.5, 0.6) is 5.75 Å².